The van der Waals surface area contributed by atoms with E-state index >= 15 is 0 Å². The Bertz CT molecular complexity index is 307. The van der Waals surface area contributed by atoms with Crippen LogP contribution in [-0.4, -0.2) is 14.8 Å². The molecule has 0 aromatic rings. The first-order valence-corrected chi connectivity index (χ1v) is 12.7. The first-order chi connectivity index (χ1) is 9.52. The highest BCUT2D eigenvalue weighted by Gasteiger charge is 2.38. The van der Waals surface area contributed by atoms with Crippen molar-refractivity contribution < 1.29 is 0 Å². The second-order valence-corrected chi connectivity index (χ2v) is 13.5. The zero-order chi connectivity index (χ0) is 14.6. The molecule has 2 aliphatic rings. The normalized spacial score (nSPS) is 27.8. The van der Waals surface area contributed by atoms with Crippen molar-refractivity contribution in [3.63, 3.8) is 0 Å². The lowest BCUT2D eigenvalue weighted by atomic mass is 9.26. The third-order valence-corrected chi connectivity index (χ3v) is 8.29. The van der Waals surface area contributed by atoms with E-state index in [4.69, 9.17) is 0 Å². The van der Waals surface area contributed by atoms with Crippen molar-refractivity contribution in [3.05, 3.63) is 11.3 Å². The highest BCUT2D eigenvalue weighted by atomic mass is 28.3. The second-order valence-electron chi connectivity index (χ2n) is 8.36. The van der Waals surface area contributed by atoms with Gasteiger partial charge in [0.05, 0.1) is 8.07 Å². The minimum atomic E-state index is -1.08. The van der Waals surface area contributed by atoms with Gasteiger partial charge in [0.1, 0.15) is 6.71 Å². The molecule has 0 aromatic heterocycles. The third-order valence-electron chi connectivity index (χ3n) is 5.91. The molecule has 2 rings (SSSR count). The highest BCUT2D eigenvalue weighted by molar-refractivity contribution is 6.83. The molecule has 20 heavy (non-hydrogen) atoms. The molecule has 0 unspecified atom stereocenters. The first kappa shape index (κ1) is 16.4. The van der Waals surface area contributed by atoms with Crippen LogP contribution in [0.1, 0.15) is 64.7 Å². The number of unbranched alkanes of at least 4 members (excludes halogenated alkanes) is 1. The summed E-state index contributed by atoms with van der Waals surface area (Å²) in [5.74, 6) is 2.15. The molecule has 2 aliphatic heterocycles. The molecule has 0 saturated carbocycles. The third kappa shape index (κ3) is 4.26. The van der Waals surface area contributed by atoms with Gasteiger partial charge in [0, 0.05) is 0 Å². The summed E-state index contributed by atoms with van der Waals surface area (Å²) in [5.41, 5.74) is 0. The fraction of sp³-hybridized carbons (Fsp3) is 0.889. The molecule has 2 heteroatoms. The minimum absolute atomic E-state index is 1.05. The quantitative estimate of drug-likeness (QED) is 0.484. The molecule has 0 atom stereocenters. The zero-order valence-corrected chi connectivity index (χ0v) is 15.4. The Morgan fingerprint density at radius 1 is 1.05 bits per heavy atom. The van der Waals surface area contributed by atoms with Crippen LogP contribution in [0.5, 0.6) is 0 Å². The molecular weight excluding hydrogens is 255 g/mol. The Morgan fingerprint density at radius 3 is 2.05 bits per heavy atom. The van der Waals surface area contributed by atoms with E-state index in [1.54, 1.807) is 0 Å². The van der Waals surface area contributed by atoms with Crippen molar-refractivity contribution in [1.29, 1.82) is 0 Å². The van der Waals surface area contributed by atoms with Crippen LogP contribution in [0.2, 0.25) is 37.6 Å². The molecule has 0 N–H and O–H groups in total. The van der Waals surface area contributed by atoms with E-state index in [2.05, 4.69) is 32.6 Å². The lowest BCUT2D eigenvalue weighted by molar-refractivity contribution is 0.443. The van der Waals surface area contributed by atoms with Crippen LogP contribution in [0.3, 0.4) is 0 Å². The Balaban J connectivity index is 2.00. The Morgan fingerprint density at radius 2 is 1.60 bits per heavy atom. The Kier molecular flexibility index (Phi) is 6.01. The summed E-state index contributed by atoms with van der Waals surface area (Å²) < 4.78 is 0. The van der Waals surface area contributed by atoms with Gasteiger partial charge < -0.3 is 0 Å². The van der Waals surface area contributed by atoms with Crippen LogP contribution in [0.25, 0.3) is 0 Å². The molecule has 2 heterocycles. The summed E-state index contributed by atoms with van der Waals surface area (Å²) in [5, 5.41) is 1.86. The SMILES string of the molecule is CCCC/C(=C\CB1C2CCCC1CCC2)[Si](C)(C)C. The Labute approximate surface area is 128 Å². The lowest BCUT2D eigenvalue weighted by Gasteiger charge is -2.40. The lowest BCUT2D eigenvalue weighted by Crippen LogP contribution is -2.34. The summed E-state index contributed by atoms with van der Waals surface area (Å²) in [6.07, 6.45) is 17.4. The molecule has 0 aromatic carbocycles. The molecule has 0 amide bonds. The van der Waals surface area contributed by atoms with E-state index in [1.165, 1.54) is 64.1 Å². The van der Waals surface area contributed by atoms with Crippen molar-refractivity contribution in [3.8, 4) is 0 Å². The van der Waals surface area contributed by atoms with E-state index in [0.29, 0.717) is 0 Å². The van der Waals surface area contributed by atoms with Crippen LogP contribution < -0.4 is 0 Å². The number of fused-ring (bicyclic) bond motifs is 2. The van der Waals surface area contributed by atoms with Crippen molar-refractivity contribution in [2.45, 2.75) is 102 Å². The number of rotatable bonds is 6. The monoisotopic (exact) mass is 290 g/mol. The van der Waals surface area contributed by atoms with Crippen LogP contribution >= 0.6 is 0 Å². The van der Waals surface area contributed by atoms with Gasteiger partial charge in [-0.1, -0.05) is 107 Å². The molecule has 0 radical (unpaired) electrons. The minimum Gasteiger partial charge on any atom is -0.0963 e. The van der Waals surface area contributed by atoms with Gasteiger partial charge in [-0.25, -0.2) is 0 Å². The predicted molar refractivity (Wildman–Crippen MR) is 96.7 cm³/mol. The van der Waals surface area contributed by atoms with E-state index in [0.717, 1.165) is 18.3 Å². The summed E-state index contributed by atoms with van der Waals surface area (Å²) in [4.78, 5) is 0. The fourth-order valence-corrected chi connectivity index (χ4v) is 6.29. The van der Waals surface area contributed by atoms with Crippen LogP contribution in [0, 0.1) is 0 Å². The van der Waals surface area contributed by atoms with Gasteiger partial charge in [-0.15, -0.1) is 0 Å². The van der Waals surface area contributed by atoms with Gasteiger partial charge >= 0.3 is 0 Å². The summed E-state index contributed by atoms with van der Waals surface area (Å²) in [7, 11) is -1.08. The van der Waals surface area contributed by atoms with Gasteiger partial charge in [-0.3, -0.25) is 0 Å². The van der Waals surface area contributed by atoms with Gasteiger partial charge in [-0.2, -0.15) is 0 Å². The largest absolute Gasteiger partial charge is 0.150 e. The van der Waals surface area contributed by atoms with Crippen molar-refractivity contribution >= 4 is 14.8 Å². The number of allylic oxidation sites excluding steroid dienone is 2. The van der Waals surface area contributed by atoms with Crippen LogP contribution in [0.15, 0.2) is 11.3 Å². The molecule has 114 valence electrons. The van der Waals surface area contributed by atoms with Crippen LogP contribution in [0.4, 0.5) is 0 Å². The maximum absolute atomic E-state index is 2.73. The van der Waals surface area contributed by atoms with Gasteiger partial charge in [0.2, 0.25) is 0 Å². The molecule has 2 saturated heterocycles. The molecule has 0 aliphatic carbocycles. The second kappa shape index (κ2) is 7.33. The fourth-order valence-electron chi connectivity index (χ4n) is 4.63. The molecule has 2 fully saturated rings. The molecule has 0 nitrogen and oxygen atoms in total. The van der Waals surface area contributed by atoms with Gasteiger partial charge in [0.25, 0.3) is 0 Å². The average Bonchev–Trinajstić information content (AvgIpc) is 2.36. The Hall–Kier alpha value is 0.0218. The number of hydrogen-bond donors (Lipinski definition) is 0. The van der Waals surface area contributed by atoms with Gasteiger partial charge in [-0.05, 0) is 6.42 Å². The van der Waals surface area contributed by atoms with Gasteiger partial charge in [0.15, 0.2) is 0 Å². The molecule has 0 spiro atoms. The maximum atomic E-state index is 2.73. The molecular formula is C18H35BSi. The smallest absolute Gasteiger partial charge is 0.0963 e. The van der Waals surface area contributed by atoms with E-state index in [1.807, 2.05) is 5.20 Å². The number of hydrogen-bond acceptors (Lipinski definition) is 0. The van der Waals surface area contributed by atoms with Crippen molar-refractivity contribution in [1.82, 2.24) is 0 Å². The summed E-state index contributed by atoms with van der Waals surface area (Å²) in [6.45, 7) is 11.0. The predicted octanol–water partition coefficient (Wildman–Crippen LogP) is 6.58. The van der Waals surface area contributed by atoms with Crippen LogP contribution in [-0.2, 0) is 0 Å². The highest BCUT2D eigenvalue weighted by Crippen LogP contribution is 2.48. The standard InChI is InChI=1S/C18H35BSi/c1-5-6-13-18(20(2,3)4)14-15-19-16-9-7-10-17(19)12-8-11-16/h14,16-17H,5-13,15H2,1-4H3/b18-14+. The van der Waals surface area contributed by atoms with E-state index < -0.39 is 8.07 Å². The summed E-state index contributed by atoms with van der Waals surface area (Å²) >= 11 is 0. The van der Waals surface area contributed by atoms with E-state index in [9.17, 15) is 0 Å². The van der Waals surface area contributed by atoms with Crippen molar-refractivity contribution in [2.24, 2.45) is 0 Å². The summed E-state index contributed by atoms with van der Waals surface area (Å²) in [6, 6.07) is 0. The maximum Gasteiger partial charge on any atom is 0.150 e. The van der Waals surface area contributed by atoms with E-state index in [-0.39, 0.29) is 0 Å². The molecule has 2 bridgehead atoms. The van der Waals surface area contributed by atoms with Crippen molar-refractivity contribution in [2.75, 3.05) is 0 Å². The topological polar surface area (TPSA) is 0 Å². The average molecular weight is 290 g/mol. The first-order valence-electron chi connectivity index (χ1n) is 9.22. The zero-order valence-electron chi connectivity index (χ0n) is 14.4.